The highest BCUT2D eigenvalue weighted by Crippen LogP contribution is 2.23. The van der Waals surface area contributed by atoms with E-state index in [1.807, 2.05) is 26.8 Å². The Labute approximate surface area is 85.8 Å². The van der Waals surface area contributed by atoms with Crippen molar-refractivity contribution in [3.63, 3.8) is 0 Å². The van der Waals surface area contributed by atoms with E-state index in [1.54, 1.807) is 0 Å². The molecule has 0 heterocycles. The molecule has 78 valence electrons. The second-order valence-electron chi connectivity index (χ2n) is 4.10. The summed E-state index contributed by atoms with van der Waals surface area (Å²) >= 11 is 0. The highest BCUT2D eigenvalue weighted by atomic mass is 16.3. The summed E-state index contributed by atoms with van der Waals surface area (Å²) in [6, 6.07) is 3.89. The average molecular weight is 193 g/mol. The van der Waals surface area contributed by atoms with Crippen molar-refractivity contribution in [2.45, 2.75) is 39.8 Å². The van der Waals surface area contributed by atoms with Gasteiger partial charge in [-0.15, -0.1) is 0 Å². The molecule has 0 saturated carbocycles. The molecule has 0 aliphatic heterocycles. The van der Waals surface area contributed by atoms with Gasteiger partial charge in [0.15, 0.2) is 0 Å². The van der Waals surface area contributed by atoms with Gasteiger partial charge in [0.05, 0.1) is 6.10 Å². The molecule has 3 N–H and O–H groups in total. The van der Waals surface area contributed by atoms with Crippen molar-refractivity contribution in [1.82, 2.24) is 0 Å². The van der Waals surface area contributed by atoms with E-state index in [0.717, 1.165) is 11.1 Å². The van der Waals surface area contributed by atoms with Crippen molar-refractivity contribution in [2.24, 2.45) is 5.73 Å². The van der Waals surface area contributed by atoms with Crippen LogP contribution in [0.4, 0.5) is 0 Å². The average Bonchev–Trinajstić information content (AvgIpc) is 2.10. The minimum Gasteiger partial charge on any atom is -0.387 e. The topological polar surface area (TPSA) is 46.2 Å². The predicted octanol–water partition coefficient (Wildman–Crippen LogP) is 1.99. The Bertz CT molecular complexity index is 331. The molecule has 0 radical (unpaired) electrons. The van der Waals surface area contributed by atoms with E-state index in [1.165, 1.54) is 11.1 Å². The maximum absolute atomic E-state index is 9.87. The van der Waals surface area contributed by atoms with Crippen molar-refractivity contribution in [2.75, 3.05) is 0 Å². The first-order chi connectivity index (χ1) is 6.43. The van der Waals surface area contributed by atoms with E-state index < -0.39 is 6.10 Å². The minimum absolute atomic E-state index is 0.226. The summed E-state index contributed by atoms with van der Waals surface area (Å²) in [5.74, 6) is 0. The van der Waals surface area contributed by atoms with E-state index in [2.05, 4.69) is 13.0 Å². The Kier molecular flexibility index (Phi) is 3.29. The van der Waals surface area contributed by atoms with E-state index in [9.17, 15) is 5.11 Å². The second-order valence-corrected chi connectivity index (χ2v) is 4.10. The number of hydrogen-bond donors (Lipinski definition) is 2. The van der Waals surface area contributed by atoms with E-state index in [0.29, 0.717) is 0 Å². The number of nitrogens with two attached hydrogens (primary N) is 1. The van der Waals surface area contributed by atoms with Crippen molar-refractivity contribution in [3.05, 3.63) is 34.4 Å². The third-order valence-electron chi connectivity index (χ3n) is 2.70. The first-order valence-corrected chi connectivity index (χ1v) is 4.95. The van der Waals surface area contributed by atoms with E-state index >= 15 is 0 Å². The molecule has 1 aromatic rings. The summed E-state index contributed by atoms with van der Waals surface area (Å²) in [7, 11) is 0. The lowest BCUT2D eigenvalue weighted by Gasteiger charge is -2.18. The molecule has 0 aliphatic carbocycles. The molecule has 1 aromatic carbocycles. The number of aliphatic hydroxyl groups is 1. The zero-order valence-electron chi connectivity index (χ0n) is 9.33. The zero-order valence-corrected chi connectivity index (χ0v) is 9.33. The first kappa shape index (κ1) is 11.2. The lowest BCUT2D eigenvalue weighted by molar-refractivity contribution is 0.152. The Morgan fingerprint density at radius 1 is 1.07 bits per heavy atom. The molecule has 0 amide bonds. The molecule has 0 fully saturated rings. The van der Waals surface area contributed by atoms with Crippen LogP contribution in [0.15, 0.2) is 12.1 Å². The van der Waals surface area contributed by atoms with Gasteiger partial charge in [0.2, 0.25) is 0 Å². The van der Waals surface area contributed by atoms with Crippen molar-refractivity contribution < 1.29 is 5.11 Å². The number of benzene rings is 1. The van der Waals surface area contributed by atoms with Gasteiger partial charge in [0, 0.05) is 6.04 Å². The van der Waals surface area contributed by atoms with Crippen molar-refractivity contribution in [3.8, 4) is 0 Å². The molecule has 14 heavy (non-hydrogen) atoms. The van der Waals surface area contributed by atoms with Crippen molar-refractivity contribution >= 4 is 0 Å². The molecule has 0 unspecified atom stereocenters. The molecule has 0 spiro atoms. The van der Waals surface area contributed by atoms with Gasteiger partial charge < -0.3 is 10.8 Å². The summed E-state index contributed by atoms with van der Waals surface area (Å²) < 4.78 is 0. The van der Waals surface area contributed by atoms with Gasteiger partial charge in [-0.3, -0.25) is 0 Å². The molecule has 0 saturated heterocycles. The molecular weight excluding hydrogens is 174 g/mol. The fraction of sp³-hybridized carbons (Fsp3) is 0.500. The second kappa shape index (κ2) is 4.11. The van der Waals surface area contributed by atoms with Crippen LogP contribution in [0.3, 0.4) is 0 Å². The monoisotopic (exact) mass is 193 g/mol. The number of rotatable bonds is 2. The van der Waals surface area contributed by atoms with Gasteiger partial charge >= 0.3 is 0 Å². The van der Waals surface area contributed by atoms with Gasteiger partial charge in [-0.25, -0.2) is 0 Å². The van der Waals surface area contributed by atoms with Crippen LogP contribution in [0.2, 0.25) is 0 Å². The molecule has 0 aromatic heterocycles. The molecule has 2 atom stereocenters. The summed E-state index contributed by atoms with van der Waals surface area (Å²) in [5, 5.41) is 9.87. The fourth-order valence-electron chi connectivity index (χ4n) is 1.58. The Morgan fingerprint density at radius 3 is 2.07 bits per heavy atom. The maximum atomic E-state index is 9.87. The number of aliphatic hydroxyl groups excluding tert-OH is 1. The summed E-state index contributed by atoms with van der Waals surface area (Å²) in [4.78, 5) is 0. The van der Waals surface area contributed by atoms with E-state index in [-0.39, 0.29) is 6.04 Å². The SMILES string of the molecule is Cc1cc(C)c([C@@H](O)[C@H](C)N)cc1C. The third-order valence-corrected chi connectivity index (χ3v) is 2.70. The van der Waals surface area contributed by atoms with Crippen LogP contribution in [0.25, 0.3) is 0 Å². The Morgan fingerprint density at radius 2 is 1.57 bits per heavy atom. The highest BCUT2D eigenvalue weighted by molar-refractivity contribution is 5.38. The van der Waals surface area contributed by atoms with Crippen LogP contribution in [0.1, 0.15) is 35.3 Å². The molecular formula is C12H19NO. The van der Waals surface area contributed by atoms with Crippen LogP contribution >= 0.6 is 0 Å². The molecule has 1 rings (SSSR count). The number of hydrogen-bond acceptors (Lipinski definition) is 2. The van der Waals surface area contributed by atoms with Crippen molar-refractivity contribution in [1.29, 1.82) is 0 Å². The number of aryl methyl sites for hydroxylation is 3. The van der Waals surface area contributed by atoms with Gasteiger partial charge in [-0.05, 0) is 49.9 Å². The lowest BCUT2D eigenvalue weighted by atomic mass is 9.94. The smallest absolute Gasteiger partial charge is 0.0940 e. The summed E-state index contributed by atoms with van der Waals surface area (Å²) in [5.41, 5.74) is 10.2. The Balaban J connectivity index is 3.15. The van der Waals surface area contributed by atoms with Crippen LogP contribution < -0.4 is 5.73 Å². The van der Waals surface area contributed by atoms with Gasteiger partial charge in [0.25, 0.3) is 0 Å². The fourth-order valence-corrected chi connectivity index (χ4v) is 1.58. The van der Waals surface area contributed by atoms with Gasteiger partial charge in [0.1, 0.15) is 0 Å². The first-order valence-electron chi connectivity index (χ1n) is 4.95. The molecule has 0 aliphatic rings. The quantitative estimate of drug-likeness (QED) is 0.754. The molecule has 2 heteroatoms. The van der Waals surface area contributed by atoms with E-state index in [4.69, 9.17) is 5.73 Å². The highest BCUT2D eigenvalue weighted by Gasteiger charge is 2.15. The summed E-state index contributed by atoms with van der Waals surface area (Å²) in [6.07, 6.45) is -0.561. The molecule has 0 bridgehead atoms. The zero-order chi connectivity index (χ0) is 10.9. The molecule has 2 nitrogen and oxygen atoms in total. The minimum atomic E-state index is -0.561. The normalized spacial score (nSPS) is 15.3. The summed E-state index contributed by atoms with van der Waals surface area (Å²) in [6.45, 7) is 7.95. The standard InChI is InChI=1S/C12H19NO/c1-7-5-9(3)11(6-8(7)2)12(14)10(4)13/h5-6,10,12,14H,13H2,1-4H3/t10-,12-/m0/s1. The largest absolute Gasteiger partial charge is 0.387 e. The van der Waals surface area contributed by atoms with Crippen LogP contribution in [-0.2, 0) is 0 Å². The van der Waals surface area contributed by atoms with Crippen LogP contribution in [-0.4, -0.2) is 11.1 Å². The Hall–Kier alpha value is -0.860. The van der Waals surface area contributed by atoms with Crippen LogP contribution in [0.5, 0.6) is 0 Å². The maximum Gasteiger partial charge on any atom is 0.0940 e. The third kappa shape index (κ3) is 2.14. The predicted molar refractivity (Wildman–Crippen MR) is 59.3 cm³/mol. The van der Waals surface area contributed by atoms with Crippen LogP contribution in [0, 0.1) is 20.8 Å². The van der Waals surface area contributed by atoms with Gasteiger partial charge in [-0.2, -0.15) is 0 Å². The lowest BCUT2D eigenvalue weighted by Crippen LogP contribution is -2.25. The van der Waals surface area contributed by atoms with Gasteiger partial charge in [-0.1, -0.05) is 12.1 Å².